The second-order valence-electron chi connectivity index (χ2n) is 6.84. The van der Waals surface area contributed by atoms with Crippen LogP contribution >= 0.6 is 0 Å². The lowest BCUT2D eigenvalue weighted by Gasteiger charge is -2.28. The number of carbonyl (C=O) groups excluding carboxylic acids is 2. The first kappa shape index (κ1) is 23.1. The van der Waals surface area contributed by atoms with Crippen molar-refractivity contribution >= 4 is 22.0 Å². The van der Waals surface area contributed by atoms with E-state index in [1.54, 1.807) is 24.3 Å². The predicted molar refractivity (Wildman–Crippen MR) is 99.1 cm³/mol. The third kappa shape index (κ3) is 8.98. The maximum atomic E-state index is 12.0. The van der Waals surface area contributed by atoms with Crippen LogP contribution in [0.25, 0.3) is 0 Å². The summed E-state index contributed by atoms with van der Waals surface area (Å²) in [4.78, 5) is 22.8. The molecule has 0 aromatic heterocycles. The standard InChI is InChI=1S/C18H27NO7S/c1-14(20)19-10-7-11-27(23,24)26-13-18(2,3)16(21)17(22)25-12-15-8-5-4-6-9-15/h4-6,8-9,16,21H,7,10-13H2,1-3H3,(H,19,20)/t16-/m0/s1. The number of amides is 1. The molecule has 0 radical (unpaired) electrons. The second kappa shape index (κ2) is 10.4. The number of hydrogen-bond donors (Lipinski definition) is 2. The van der Waals surface area contributed by atoms with E-state index in [0.717, 1.165) is 5.56 Å². The Morgan fingerprint density at radius 1 is 1.22 bits per heavy atom. The van der Waals surface area contributed by atoms with Crippen LogP contribution < -0.4 is 5.32 Å². The lowest BCUT2D eigenvalue weighted by Crippen LogP contribution is -2.41. The molecule has 1 aromatic carbocycles. The molecule has 0 unspecified atom stereocenters. The zero-order chi connectivity index (χ0) is 20.5. The molecule has 1 amide bonds. The first-order valence-corrected chi connectivity index (χ1v) is 10.1. The third-order valence-electron chi connectivity index (χ3n) is 3.74. The average Bonchev–Trinajstić information content (AvgIpc) is 2.62. The van der Waals surface area contributed by atoms with Gasteiger partial charge in [-0.25, -0.2) is 4.79 Å². The maximum Gasteiger partial charge on any atom is 0.335 e. The minimum Gasteiger partial charge on any atom is -0.459 e. The highest BCUT2D eigenvalue weighted by Crippen LogP contribution is 2.23. The van der Waals surface area contributed by atoms with Crippen LogP contribution in [-0.4, -0.2) is 50.4 Å². The molecular weight excluding hydrogens is 374 g/mol. The molecule has 0 saturated heterocycles. The molecule has 1 aromatic rings. The minimum absolute atomic E-state index is 0.00905. The van der Waals surface area contributed by atoms with Gasteiger partial charge in [-0.3, -0.25) is 8.98 Å². The van der Waals surface area contributed by atoms with Crippen LogP contribution in [0.15, 0.2) is 30.3 Å². The van der Waals surface area contributed by atoms with Crippen LogP contribution in [-0.2, 0) is 35.2 Å². The Kier molecular flexibility index (Phi) is 8.87. The quantitative estimate of drug-likeness (QED) is 0.322. The van der Waals surface area contributed by atoms with Gasteiger partial charge in [0.25, 0.3) is 10.1 Å². The Labute approximate surface area is 160 Å². The van der Waals surface area contributed by atoms with Crippen LogP contribution in [0, 0.1) is 5.41 Å². The summed E-state index contributed by atoms with van der Waals surface area (Å²) >= 11 is 0. The second-order valence-corrected chi connectivity index (χ2v) is 8.60. The number of rotatable bonds is 11. The van der Waals surface area contributed by atoms with E-state index in [4.69, 9.17) is 8.92 Å². The van der Waals surface area contributed by atoms with Gasteiger partial charge >= 0.3 is 5.97 Å². The van der Waals surface area contributed by atoms with E-state index < -0.39 is 27.6 Å². The summed E-state index contributed by atoms with van der Waals surface area (Å²) in [6.07, 6.45) is -1.35. The lowest BCUT2D eigenvalue weighted by molar-refractivity contribution is -0.162. The van der Waals surface area contributed by atoms with Crippen molar-refractivity contribution in [1.82, 2.24) is 5.32 Å². The third-order valence-corrected chi connectivity index (χ3v) is 5.01. The van der Waals surface area contributed by atoms with Crippen LogP contribution in [0.2, 0.25) is 0 Å². The number of aliphatic hydroxyl groups is 1. The zero-order valence-corrected chi connectivity index (χ0v) is 16.6. The summed E-state index contributed by atoms with van der Waals surface area (Å²) in [5.41, 5.74) is -0.396. The van der Waals surface area contributed by atoms with Crippen molar-refractivity contribution in [2.45, 2.75) is 39.9 Å². The van der Waals surface area contributed by atoms with Crippen molar-refractivity contribution in [3.8, 4) is 0 Å². The summed E-state index contributed by atoms with van der Waals surface area (Å²) in [5.74, 6) is -1.38. The molecule has 2 N–H and O–H groups in total. The van der Waals surface area contributed by atoms with Crippen molar-refractivity contribution in [2.24, 2.45) is 5.41 Å². The Bertz CT molecular complexity index is 716. The summed E-state index contributed by atoms with van der Waals surface area (Å²) in [6, 6.07) is 8.99. The fraction of sp³-hybridized carbons (Fsp3) is 0.556. The van der Waals surface area contributed by atoms with Gasteiger partial charge in [-0.2, -0.15) is 8.42 Å². The van der Waals surface area contributed by atoms with Crippen LogP contribution in [0.1, 0.15) is 32.8 Å². The lowest BCUT2D eigenvalue weighted by atomic mass is 9.88. The average molecular weight is 401 g/mol. The van der Waals surface area contributed by atoms with Gasteiger partial charge in [0.2, 0.25) is 5.91 Å². The number of benzene rings is 1. The van der Waals surface area contributed by atoms with Crippen LogP contribution in [0.4, 0.5) is 0 Å². The largest absolute Gasteiger partial charge is 0.459 e. The monoisotopic (exact) mass is 401 g/mol. The zero-order valence-electron chi connectivity index (χ0n) is 15.8. The highest BCUT2D eigenvalue weighted by atomic mass is 32.2. The molecule has 0 aliphatic rings. The van der Waals surface area contributed by atoms with Crippen molar-refractivity contribution in [3.05, 3.63) is 35.9 Å². The Morgan fingerprint density at radius 2 is 1.85 bits per heavy atom. The number of esters is 1. The van der Waals surface area contributed by atoms with Crippen molar-refractivity contribution in [3.63, 3.8) is 0 Å². The van der Waals surface area contributed by atoms with Gasteiger partial charge in [-0.15, -0.1) is 0 Å². The molecule has 9 heteroatoms. The molecular formula is C18H27NO7S. The van der Waals surface area contributed by atoms with Crippen LogP contribution in [0.5, 0.6) is 0 Å². The number of hydrogen-bond acceptors (Lipinski definition) is 7. The molecule has 27 heavy (non-hydrogen) atoms. The molecule has 0 spiro atoms. The molecule has 0 aliphatic heterocycles. The smallest absolute Gasteiger partial charge is 0.335 e. The van der Waals surface area contributed by atoms with Crippen LogP contribution in [0.3, 0.4) is 0 Å². The Hall–Kier alpha value is -1.97. The van der Waals surface area contributed by atoms with Gasteiger partial charge in [0.05, 0.1) is 12.4 Å². The normalized spacial score (nSPS) is 13.0. The molecule has 1 rings (SSSR count). The van der Waals surface area contributed by atoms with Crippen molar-refractivity contribution in [1.29, 1.82) is 0 Å². The fourth-order valence-electron chi connectivity index (χ4n) is 2.02. The number of carbonyl (C=O) groups is 2. The molecule has 0 heterocycles. The number of aliphatic hydroxyl groups excluding tert-OH is 1. The fourth-order valence-corrected chi connectivity index (χ4v) is 3.12. The summed E-state index contributed by atoms with van der Waals surface area (Å²) in [5, 5.41) is 12.7. The summed E-state index contributed by atoms with van der Waals surface area (Å²) in [7, 11) is -3.84. The van der Waals surface area contributed by atoms with E-state index in [9.17, 15) is 23.1 Å². The first-order valence-electron chi connectivity index (χ1n) is 8.54. The van der Waals surface area contributed by atoms with E-state index in [1.807, 2.05) is 6.07 Å². The molecule has 1 atom stereocenters. The predicted octanol–water partition coefficient (Wildman–Crippen LogP) is 0.990. The Balaban J connectivity index is 2.47. The SMILES string of the molecule is CC(=O)NCCCS(=O)(=O)OCC(C)(C)[C@@H](O)C(=O)OCc1ccccc1. The van der Waals surface area contributed by atoms with Gasteiger partial charge < -0.3 is 15.2 Å². The number of ether oxygens (including phenoxy) is 1. The van der Waals surface area contributed by atoms with E-state index in [0.29, 0.717) is 0 Å². The van der Waals surface area contributed by atoms with E-state index >= 15 is 0 Å². The summed E-state index contributed by atoms with van der Waals surface area (Å²) < 4.78 is 33.8. The van der Waals surface area contributed by atoms with Crippen molar-refractivity contribution < 1.29 is 32.0 Å². The molecule has 0 fully saturated rings. The van der Waals surface area contributed by atoms with E-state index in [2.05, 4.69) is 5.32 Å². The van der Waals surface area contributed by atoms with Gasteiger partial charge in [-0.1, -0.05) is 44.2 Å². The Morgan fingerprint density at radius 3 is 2.44 bits per heavy atom. The first-order chi connectivity index (χ1) is 12.5. The maximum absolute atomic E-state index is 12.0. The highest BCUT2D eigenvalue weighted by Gasteiger charge is 2.36. The summed E-state index contributed by atoms with van der Waals surface area (Å²) in [6.45, 7) is 4.20. The van der Waals surface area contributed by atoms with Gasteiger partial charge in [0.1, 0.15) is 6.61 Å². The molecule has 0 bridgehead atoms. The molecule has 0 aliphatic carbocycles. The molecule has 0 saturated carbocycles. The topological polar surface area (TPSA) is 119 Å². The van der Waals surface area contributed by atoms with E-state index in [1.165, 1.54) is 20.8 Å². The minimum atomic E-state index is -3.84. The molecule has 152 valence electrons. The molecule has 8 nitrogen and oxygen atoms in total. The number of nitrogens with one attached hydrogen (secondary N) is 1. The van der Waals surface area contributed by atoms with E-state index in [-0.39, 0.29) is 37.8 Å². The van der Waals surface area contributed by atoms with Crippen molar-refractivity contribution in [2.75, 3.05) is 18.9 Å². The van der Waals surface area contributed by atoms with Gasteiger partial charge in [0.15, 0.2) is 6.10 Å². The highest BCUT2D eigenvalue weighted by molar-refractivity contribution is 7.86. The van der Waals surface area contributed by atoms with Gasteiger partial charge in [0, 0.05) is 18.9 Å². The van der Waals surface area contributed by atoms with Gasteiger partial charge in [-0.05, 0) is 12.0 Å².